The minimum Gasteiger partial charge on any atom is -0.494 e. The highest BCUT2D eigenvalue weighted by Gasteiger charge is 2.29. The van der Waals surface area contributed by atoms with E-state index in [-0.39, 0.29) is 24.2 Å². The molecule has 0 aliphatic carbocycles. The molecule has 9 nitrogen and oxygen atoms in total. The van der Waals surface area contributed by atoms with Crippen molar-refractivity contribution in [1.29, 1.82) is 5.26 Å². The van der Waals surface area contributed by atoms with Gasteiger partial charge in [0.15, 0.2) is 5.78 Å². The van der Waals surface area contributed by atoms with Gasteiger partial charge in [-0.25, -0.2) is 4.52 Å². The summed E-state index contributed by atoms with van der Waals surface area (Å²) in [7, 11) is 1.56. The van der Waals surface area contributed by atoms with Crippen LogP contribution in [0.1, 0.15) is 33.9 Å². The van der Waals surface area contributed by atoms with Gasteiger partial charge in [-0.05, 0) is 36.3 Å². The monoisotopic (exact) mass is 480 g/mol. The van der Waals surface area contributed by atoms with Gasteiger partial charge in [0.05, 0.1) is 25.5 Å². The highest BCUT2D eigenvalue weighted by molar-refractivity contribution is 5.95. The number of ether oxygens (including phenoxy) is 1. The van der Waals surface area contributed by atoms with Crippen molar-refractivity contribution >= 4 is 17.2 Å². The summed E-state index contributed by atoms with van der Waals surface area (Å²) < 4.78 is 9.04. The number of likely N-dealkylation sites (tertiary alicyclic amines) is 1. The van der Waals surface area contributed by atoms with E-state index in [9.17, 15) is 14.9 Å². The Morgan fingerprint density at radius 3 is 2.72 bits per heavy atom. The molecule has 1 saturated heterocycles. The molecule has 0 bridgehead atoms. The Hall–Kier alpha value is -4.71. The number of carbonyl (C=O) groups excluding carboxylic acids is 2. The number of methoxy groups -OCH3 is 1. The molecule has 4 heterocycles. The molecule has 4 aromatic rings. The maximum Gasteiger partial charge on any atom is 0.253 e. The van der Waals surface area contributed by atoms with Crippen LogP contribution in [0, 0.1) is 11.3 Å². The topological polar surface area (TPSA) is 106 Å². The number of carbonyl (C=O) groups is 2. The van der Waals surface area contributed by atoms with Gasteiger partial charge in [0.25, 0.3) is 5.91 Å². The molecule has 1 fully saturated rings. The lowest BCUT2D eigenvalue weighted by molar-refractivity contribution is -0.114. The van der Waals surface area contributed by atoms with E-state index in [4.69, 9.17) is 4.74 Å². The number of benzene rings is 1. The van der Waals surface area contributed by atoms with Crippen LogP contribution in [0.5, 0.6) is 5.75 Å². The Morgan fingerprint density at radius 1 is 1.19 bits per heavy atom. The Kier molecular flexibility index (Phi) is 6.09. The van der Waals surface area contributed by atoms with Crippen molar-refractivity contribution < 1.29 is 14.3 Å². The SMILES string of the molecule is C=CC(=O)Cc1ccc(C(=O)N2CC[C@@H](n3cc(-c4cc(OC)c5c(C#N)cnn5c4)cn3)C2)cc1. The Bertz CT molecular complexity index is 1510. The van der Waals surface area contributed by atoms with Crippen LogP contribution in [0.3, 0.4) is 0 Å². The van der Waals surface area contributed by atoms with Crippen molar-refractivity contribution in [3.63, 3.8) is 0 Å². The Balaban J connectivity index is 1.30. The molecule has 0 unspecified atom stereocenters. The lowest BCUT2D eigenvalue weighted by atomic mass is 10.1. The average molecular weight is 481 g/mol. The number of nitriles is 1. The molecule has 1 aliphatic rings. The number of pyridine rings is 1. The standard InChI is InChI=1S/C27H24N6O3/c1-3-24(34)10-18-4-6-19(7-5-18)27(35)31-9-8-23(17-31)32-16-22(14-29-32)20-11-25(36-2)26-21(12-28)13-30-33(26)15-20/h3-7,11,13-16,23H,1,8-10,17H2,2H3/t23-/m1/s1. The normalized spacial score (nSPS) is 15.1. The maximum atomic E-state index is 13.0. The second kappa shape index (κ2) is 9.50. The third-order valence-corrected chi connectivity index (χ3v) is 6.48. The summed E-state index contributed by atoms with van der Waals surface area (Å²) in [6.07, 6.45) is 9.49. The number of aromatic nitrogens is 4. The van der Waals surface area contributed by atoms with Crippen LogP contribution in [0.2, 0.25) is 0 Å². The Morgan fingerprint density at radius 2 is 2.00 bits per heavy atom. The van der Waals surface area contributed by atoms with Crippen LogP contribution in [-0.2, 0) is 11.2 Å². The van der Waals surface area contributed by atoms with Crippen molar-refractivity contribution in [1.82, 2.24) is 24.3 Å². The third kappa shape index (κ3) is 4.25. The Labute approximate surface area is 207 Å². The number of fused-ring (bicyclic) bond motifs is 1. The quantitative estimate of drug-likeness (QED) is 0.375. The van der Waals surface area contributed by atoms with Crippen molar-refractivity contribution in [3.05, 3.63) is 84.5 Å². The highest BCUT2D eigenvalue weighted by Crippen LogP contribution is 2.31. The van der Waals surface area contributed by atoms with Gasteiger partial charge in [-0.1, -0.05) is 18.7 Å². The third-order valence-electron chi connectivity index (χ3n) is 6.48. The maximum absolute atomic E-state index is 13.0. The first-order valence-electron chi connectivity index (χ1n) is 11.5. The molecule has 1 atom stereocenters. The first kappa shape index (κ1) is 23.1. The molecular weight excluding hydrogens is 456 g/mol. The van der Waals surface area contributed by atoms with Crippen molar-refractivity contribution in [2.45, 2.75) is 18.9 Å². The van der Waals surface area contributed by atoms with E-state index in [2.05, 4.69) is 22.8 Å². The van der Waals surface area contributed by atoms with E-state index in [1.165, 1.54) is 12.3 Å². The number of nitrogens with zero attached hydrogens (tertiary/aromatic N) is 6. The van der Waals surface area contributed by atoms with E-state index >= 15 is 0 Å². The highest BCUT2D eigenvalue weighted by atomic mass is 16.5. The first-order chi connectivity index (χ1) is 17.5. The summed E-state index contributed by atoms with van der Waals surface area (Å²) in [6.45, 7) is 4.69. The molecule has 3 aromatic heterocycles. The van der Waals surface area contributed by atoms with Gasteiger partial charge < -0.3 is 9.64 Å². The van der Waals surface area contributed by atoms with Crippen LogP contribution in [-0.4, -0.2) is 56.2 Å². The van der Waals surface area contributed by atoms with E-state index in [1.54, 1.807) is 30.0 Å². The van der Waals surface area contributed by atoms with E-state index in [0.717, 1.165) is 23.1 Å². The summed E-state index contributed by atoms with van der Waals surface area (Å²) in [5.74, 6) is 0.477. The first-order valence-corrected chi connectivity index (χ1v) is 11.5. The summed E-state index contributed by atoms with van der Waals surface area (Å²) in [5, 5.41) is 18.2. The molecule has 0 saturated carbocycles. The van der Waals surface area contributed by atoms with Gasteiger partial charge >= 0.3 is 0 Å². The molecule has 1 aromatic carbocycles. The van der Waals surface area contributed by atoms with Gasteiger partial charge in [0.2, 0.25) is 0 Å². The number of ketones is 1. The van der Waals surface area contributed by atoms with Gasteiger partial charge in [-0.15, -0.1) is 0 Å². The van der Waals surface area contributed by atoms with E-state index in [0.29, 0.717) is 35.5 Å². The number of hydrogen-bond acceptors (Lipinski definition) is 6. The van der Waals surface area contributed by atoms with Gasteiger partial charge in [0.1, 0.15) is 22.9 Å². The number of allylic oxidation sites excluding steroid dienone is 1. The molecule has 0 spiro atoms. The molecule has 180 valence electrons. The molecule has 36 heavy (non-hydrogen) atoms. The second-order valence-corrected chi connectivity index (χ2v) is 8.71. The lowest BCUT2D eigenvalue weighted by Crippen LogP contribution is -2.29. The minimum atomic E-state index is -0.0510. The summed E-state index contributed by atoms with van der Waals surface area (Å²) in [6, 6.07) is 11.2. The zero-order valence-corrected chi connectivity index (χ0v) is 19.8. The molecule has 5 rings (SSSR count). The largest absolute Gasteiger partial charge is 0.494 e. The summed E-state index contributed by atoms with van der Waals surface area (Å²) in [4.78, 5) is 26.4. The predicted octanol–water partition coefficient (Wildman–Crippen LogP) is 3.46. The fourth-order valence-corrected chi connectivity index (χ4v) is 4.53. The fraction of sp³-hybridized carbons (Fsp3) is 0.222. The van der Waals surface area contributed by atoms with Crippen LogP contribution in [0.25, 0.3) is 16.6 Å². The molecule has 0 radical (unpaired) electrons. The lowest BCUT2D eigenvalue weighted by Gasteiger charge is -2.17. The van der Waals surface area contributed by atoms with Gasteiger partial charge in [-0.2, -0.15) is 15.5 Å². The zero-order chi connectivity index (χ0) is 25.2. The summed E-state index contributed by atoms with van der Waals surface area (Å²) in [5.41, 5.74) is 4.28. The van der Waals surface area contributed by atoms with Crippen LogP contribution >= 0.6 is 0 Å². The number of rotatable bonds is 7. The second-order valence-electron chi connectivity index (χ2n) is 8.71. The van der Waals surface area contributed by atoms with Gasteiger partial charge in [-0.3, -0.25) is 14.3 Å². The molecule has 0 N–H and O–H groups in total. The van der Waals surface area contributed by atoms with Crippen molar-refractivity contribution in [2.24, 2.45) is 0 Å². The van der Waals surface area contributed by atoms with E-state index < -0.39 is 0 Å². The molecule has 9 heteroatoms. The predicted molar refractivity (Wildman–Crippen MR) is 133 cm³/mol. The molecule has 1 aliphatic heterocycles. The summed E-state index contributed by atoms with van der Waals surface area (Å²) >= 11 is 0. The van der Waals surface area contributed by atoms with Crippen LogP contribution in [0.4, 0.5) is 0 Å². The number of amides is 1. The van der Waals surface area contributed by atoms with Crippen molar-refractivity contribution in [3.8, 4) is 22.9 Å². The fourth-order valence-electron chi connectivity index (χ4n) is 4.53. The van der Waals surface area contributed by atoms with Crippen LogP contribution in [0.15, 0.2) is 67.8 Å². The van der Waals surface area contributed by atoms with Crippen molar-refractivity contribution in [2.75, 3.05) is 20.2 Å². The zero-order valence-electron chi connectivity index (χ0n) is 19.8. The van der Waals surface area contributed by atoms with Gasteiger partial charge in [0, 0.05) is 48.6 Å². The molecule has 1 amide bonds. The molecular formula is C27H24N6O3. The number of hydrogen-bond donors (Lipinski definition) is 0. The minimum absolute atomic E-state index is 0.0337. The van der Waals surface area contributed by atoms with Crippen LogP contribution < -0.4 is 4.74 Å². The average Bonchev–Trinajstić information content (AvgIpc) is 3.67. The van der Waals surface area contributed by atoms with E-state index in [1.807, 2.05) is 40.2 Å². The smallest absolute Gasteiger partial charge is 0.253 e.